The molecule has 0 bridgehead atoms. The molecule has 0 aromatic carbocycles. The SMILES string of the molecule is CCCCC(=CC(C)C)CC. The van der Waals surface area contributed by atoms with Gasteiger partial charge in [-0.1, -0.05) is 45.8 Å². The van der Waals surface area contributed by atoms with Gasteiger partial charge in [-0.25, -0.2) is 0 Å². The molecule has 0 fully saturated rings. The molecule has 0 nitrogen and oxygen atoms in total. The van der Waals surface area contributed by atoms with Crippen LogP contribution < -0.4 is 0 Å². The summed E-state index contributed by atoms with van der Waals surface area (Å²) in [5.41, 5.74) is 1.64. The summed E-state index contributed by atoms with van der Waals surface area (Å²) in [5, 5.41) is 0. The third kappa shape index (κ3) is 6.15. The minimum absolute atomic E-state index is 0.724. The first-order chi connectivity index (χ1) is 5.20. The molecule has 0 aliphatic carbocycles. The average molecular weight is 154 g/mol. The standard InChI is InChI=1S/C11H22/c1-5-7-8-11(6-2)9-10(3)4/h9-10H,5-8H2,1-4H3. The van der Waals surface area contributed by atoms with E-state index in [1.165, 1.54) is 25.7 Å². The molecular weight excluding hydrogens is 132 g/mol. The molecule has 0 unspecified atom stereocenters. The molecule has 11 heavy (non-hydrogen) atoms. The highest BCUT2D eigenvalue weighted by atomic mass is 14.0. The molecule has 0 atom stereocenters. The van der Waals surface area contributed by atoms with E-state index in [4.69, 9.17) is 0 Å². The first-order valence-electron chi connectivity index (χ1n) is 4.90. The zero-order valence-electron chi connectivity index (χ0n) is 8.48. The van der Waals surface area contributed by atoms with Crippen molar-refractivity contribution in [1.82, 2.24) is 0 Å². The summed E-state index contributed by atoms with van der Waals surface area (Å²) in [5.74, 6) is 0.724. The van der Waals surface area contributed by atoms with Gasteiger partial charge in [-0.15, -0.1) is 0 Å². The number of hydrogen-bond acceptors (Lipinski definition) is 0. The van der Waals surface area contributed by atoms with Crippen LogP contribution in [-0.2, 0) is 0 Å². The molecule has 0 heterocycles. The first-order valence-corrected chi connectivity index (χ1v) is 4.90. The Kier molecular flexibility index (Phi) is 6.30. The minimum Gasteiger partial charge on any atom is -0.0828 e. The van der Waals surface area contributed by atoms with Crippen LogP contribution in [-0.4, -0.2) is 0 Å². The fourth-order valence-corrected chi connectivity index (χ4v) is 1.25. The Hall–Kier alpha value is -0.260. The fourth-order valence-electron chi connectivity index (χ4n) is 1.25. The van der Waals surface area contributed by atoms with Crippen LogP contribution in [0, 0.1) is 5.92 Å². The van der Waals surface area contributed by atoms with Crippen LogP contribution in [0.1, 0.15) is 53.4 Å². The number of hydrogen-bond donors (Lipinski definition) is 0. The van der Waals surface area contributed by atoms with E-state index < -0.39 is 0 Å². The maximum Gasteiger partial charge on any atom is -0.0288 e. The molecule has 0 rings (SSSR count). The van der Waals surface area contributed by atoms with Crippen molar-refractivity contribution in [3.63, 3.8) is 0 Å². The Morgan fingerprint density at radius 2 is 1.91 bits per heavy atom. The van der Waals surface area contributed by atoms with Crippen LogP contribution in [0.5, 0.6) is 0 Å². The van der Waals surface area contributed by atoms with E-state index in [-0.39, 0.29) is 0 Å². The van der Waals surface area contributed by atoms with Crippen molar-refractivity contribution in [2.45, 2.75) is 53.4 Å². The third-order valence-electron chi connectivity index (χ3n) is 1.87. The van der Waals surface area contributed by atoms with E-state index in [1.54, 1.807) is 5.57 Å². The van der Waals surface area contributed by atoms with Crippen molar-refractivity contribution in [3.8, 4) is 0 Å². The van der Waals surface area contributed by atoms with E-state index in [0.717, 1.165) is 5.92 Å². The predicted molar refractivity (Wildman–Crippen MR) is 52.7 cm³/mol. The monoisotopic (exact) mass is 154 g/mol. The Bertz CT molecular complexity index is 109. The second-order valence-electron chi connectivity index (χ2n) is 3.53. The lowest BCUT2D eigenvalue weighted by molar-refractivity contribution is 0.738. The molecular formula is C11H22. The van der Waals surface area contributed by atoms with Gasteiger partial charge in [0, 0.05) is 0 Å². The van der Waals surface area contributed by atoms with Crippen molar-refractivity contribution in [1.29, 1.82) is 0 Å². The van der Waals surface area contributed by atoms with Gasteiger partial charge in [-0.05, 0) is 25.2 Å². The highest BCUT2D eigenvalue weighted by Crippen LogP contribution is 2.13. The van der Waals surface area contributed by atoms with Gasteiger partial charge in [0.05, 0.1) is 0 Å². The van der Waals surface area contributed by atoms with Crippen LogP contribution in [0.3, 0.4) is 0 Å². The number of unbranched alkanes of at least 4 members (excludes halogenated alkanes) is 1. The number of allylic oxidation sites excluding steroid dienone is 2. The summed E-state index contributed by atoms with van der Waals surface area (Å²) < 4.78 is 0. The van der Waals surface area contributed by atoms with E-state index in [9.17, 15) is 0 Å². The molecule has 66 valence electrons. The Morgan fingerprint density at radius 3 is 2.27 bits per heavy atom. The van der Waals surface area contributed by atoms with Gasteiger partial charge in [-0.3, -0.25) is 0 Å². The lowest BCUT2D eigenvalue weighted by Gasteiger charge is -2.04. The Morgan fingerprint density at radius 1 is 1.27 bits per heavy atom. The second-order valence-corrected chi connectivity index (χ2v) is 3.53. The molecule has 0 heteroatoms. The molecule has 0 aromatic rings. The summed E-state index contributed by atoms with van der Waals surface area (Å²) in [6.07, 6.45) is 7.63. The summed E-state index contributed by atoms with van der Waals surface area (Å²) in [6.45, 7) is 9.01. The van der Waals surface area contributed by atoms with Crippen LogP contribution in [0.2, 0.25) is 0 Å². The molecule has 0 aliphatic rings. The second kappa shape index (κ2) is 6.45. The van der Waals surface area contributed by atoms with Crippen LogP contribution in [0.4, 0.5) is 0 Å². The minimum atomic E-state index is 0.724. The smallest absolute Gasteiger partial charge is 0.0288 e. The fraction of sp³-hybridized carbons (Fsp3) is 0.818. The quantitative estimate of drug-likeness (QED) is 0.521. The van der Waals surface area contributed by atoms with Gasteiger partial charge >= 0.3 is 0 Å². The van der Waals surface area contributed by atoms with Crippen LogP contribution in [0.25, 0.3) is 0 Å². The lowest BCUT2D eigenvalue weighted by Crippen LogP contribution is -1.87. The summed E-state index contributed by atoms with van der Waals surface area (Å²) in [4.78, 5) is 0. The van der Waals surface area contributed by atoms with Crippen molar-refractivity contribution >= 4 is 0 Å². The summed E-state index contributed by atoms with van der Waals surface area (Å²) in [7, 11) is 0. The zero-order valence-corrected chi connectivity index (χ0v) is 8.48. The van der Waals surface area contributed by atoms with Crippen LogP contribution >= 0.6 is 0 Å². The summed E-state index contributed by atoms with van der Waals surface area (Å²) in [6, 6.07) is 0. The number of rotatable bonds is 5. The van der Waals surface area contributed by atoms with E-state index in [1.807, 2.05) is 0 Å². The molecule has 0 spiro atoms. The summed E-state index contributed by atoms with van der Waals surface area (Å²) >= 11 is 0. The molecule has 0 saturated carbocycles. The van der Waals surface area contributed by atoms with Crippen molar-refractivity contribution in [2.24, 2.45) is 5.92 Å². The largest absolute Gasteiger partial charge is 0.0828 e. The van der Waals surface area contributed by atoms with Gasteiger partial charge < -0.3 is 0 Å². The maximum atomic E-state index is 2.41. The predicted octanol–water partition coefficient (Wildman–Crippen LogP) is 4.17. The first kappa shape index (κ1) is 10.7. The maximum absolute atomic E-state index is 2.41. The van der Waals surface area contributed by atoms with Crippen molar-refractivity contribution in [3.05, 3.63) is 11.6 Å². The van der Waals surface area contributed by atoms with Gasteiger partial charge in [-0.2, -0.15) is 0 Å². The van der Waals surface area contributed by atoms with Gasteiger partial charge in [0.15, 0.2) is 0 Å². The zero-order chi connectivity index (χ0) is 8.69. The van der Waals surface area contributed by atoms with E-state index in [2.05, 4.69) is 33.8 Å². The third-order valence-corrected chi connectivity index (χ3v) is 1.87. The topological polar surface area (TPSA) is 0 Å². The molecule has 0 N–H and O–H groups in total. The lowest BCUT2D eigenvalue weighted by atomic mass is 10.0. The highest BCUT2D eigenvalue weighted by molar-refractivity contribution is 5.02. The van der Waals surface area contributed by atoms with Gasteiger partial charge in [0.25, 0.3) is 0 Å². The Labute approximate surface area is 71.7 Å². The van der Waals surface area contributed by atoms with Crippen molar-refractivity contribution < 1.29 is 0 Å². The average Bonchev–Trinajstić information content (AvgIpc) is 1.97. The van der Waals surface area contributed by atoms with Gasteiger partial charge in [0.1, 0.15) is 0 Å². The van der Waals surface area contributed by atoms with E-state index in [0.29, 0.717) is 0 Å². The molecule has 0 aromatic heterocycles. The normalized spacial score (nSPS) is 12.6. The van der Waals surface area contributed by atoms with Crippen molar-refractivity contribution in [2.75, 3.05) is 0 Å². The highest BCUT2D eigenvalue weighted by Gasteiger charge is 1.94. The molecule has 0 saturated heterocycles. The van der Waals surface area contributed by atoms with Gasteiger partial charge in [0.2, 0.25) is 0 Å². The Balaban J connectivity index is 3.74. The van der Waals surface area contributed by atoms with Crippen LogP contribution in [0.15, 0.2) is 11.6 Å². The molecule has 0 radical (unpaired) electrons. The molecule has 0 amide bonds. The van der Waals surface area contributed by atoms with E-state index >= 15 is 0 Å². The molecule has 0 aliphatic heterocycles.